The zero-order valence-electron chi connectivity index (χ0n) is 11.5. The fraction of sp³-hybridized carbons (Fsp3) is 0.467. The van der Waals surface area contributed by atoms with E-state index < -0.39 is 5.97 Å². The topological polar surface area (TPSA) is 69.6 Å². The number of hydrogen-bond donors (Lipinski definition) is 2. The summed E-state index contributed by atoms with van der Waals surface area (Å²) in [6.45, 7) is 1.58. The summed E-state index contributed by atoms with van der Waals surface area (Å²) in [5.74, 6) is -0.874. The van der Waals surface area contributed by atoms with Crippen molar-refractivity contribution in [1.82, 2.24) is 4.90 Å². The Morgan fingerprint density at radius 2 is 1.85 bits per heavy atom. The number of aliphatic carboxylic acids is 1. The van der Waals surface area contributed by atoms with Gasteiger partial charge < -0.3 is 15.3 Å². The summed E-state index contributed by atoms with van der Waals surface area (Å²) >= 11 is 0. The molecule has 2 amide bonds. The molecule has 1 aliphatic heterocycles. The number of nitrogens with zero attached hydrogens (tertiary/aromatic N) is 1. The predicted molar refractivity (Wildman–Crippen MR) is 76.8 cm³/mol. The van der Waals surface area contributed by atoms with Crippen LogP contribution in [0.1, 0.15) is 31.2 Å². The highest BCUT2D eigenvalue weighted by molar-refractivity contribution is 5.89. The fourth-order valence-electron chi connectivity index (χ4n) is 2.41. The first-order valence-electron chi connectivity index (χ1n) is 7.02. The van der Waals surface area contributed by atoms with Gasteiger partial charge in [-0.05, 0) is 30.5 Å². The predicted octanol–water partition coefficient (Wildman–Crippen LogP) is 2.72. The minimum atomic E-state index is -0.874. The molecule has 108 valence electrons. The van der Waals surface area contributed by atoms with Gasteiger partial charge in [0.2, 0.25) is 0 Å². The lowest BCUT2D eigenvalue weighted by molar-refractivity contribution is -0.136. The Labute approximate surface area is 118 Å². The highest BCUT2D eigenvalue weighted by Gasteiger charge is 2.15. The molecule has 1 aromatic carbocycles. The SMILES string of the molecule is O=C(O)Cc1cccc(NC(=O)N2CCCCCC2)c1. The number of carbonyl (C=O) groups excluding carboxylic acids is 1. The summed E-state index contributed by atoms with van der Waals surface area (Å²) in [6.07, 6.45) is 4.42. The van der Waals surface area contributed by atoms with E-state index in [0.29, 0.717) is 11.3 Å². The van der Waals surface area contributed by atoms with Crippen LogP contribution in [-0.2, 0) is 11.2 Å². The van der Waals surface area contributed by atoms with Crippen LogP contribution in [-0.4, -0.2) is 35.1 Å². The number of carbonyl (C=O) groups is 2. The van der Waals surface area contributed by atoms with Gasteiger partial charge in [-0.1, -0.05) is 25.0 Å². The second-order valence-corrected chi connectivity index (χ2v) is 5.10. The van der Waals surface area contributed by atoms with Crippen molar-refractivity contribution in [3.8, 4) is 0 Å². The van der Waals surface area contributed by atoms with Crippen molar-refractivity contribution >= 4 is 17.7 Å². The number of likely N-dealkylation sites (tertiary alicyclic amines) is 1. The van der Waals surface area contributed by atoms with Crippen LogP contribution in [0.3, 0.4) is 0 Å². The molecular formula is C15H20N2O3. The number of carboxylic acids is 1. The summed E-state index contributed by atoms with van der Waals surface area (Å²) < 4.78 is 0. The van der Waals surface area contributed by atoms with E-state index in [9.17, 15) is 9.59 Å². The largest absolute Gasteiger partial charge is 0.481 e. The van der Waals surface area contributed by atoms with Crippen molar-refractivity contribution in [3.63, 3.8) is 0 Å². The van der Waals surface area contributed by atoms with Gasteiger partial charge in [-0.25, -0.2) is 4.79 Å². The first-order valence-corrected chi connectivity index (χ1v) is 7.02. The lowest BCUT2D eigenvalue weighted by Gasteiger charge is -2.20. The van der Waals surface area contributed by atoms with Crippen molar-refractivity contribution in [2.75, 3.05) is 18.4 Å². The van der Waals surface area contributed by atoms with Crippen LogP contribution >= 0.6 is 0 Å². The Bertz CT molecular complexity index is 480. The zero-order valence-corrected chi connectivity index (χ0v) is 11.5. The van der Waals surface area contributed by atoms with Gasteiger partial charge in [-0.15, -0.1) is 0 Å². The van der Waals surface area contributed by atoms with Gasteiger partial charge >= 0.3 is 12.0 Å². The Morgan fingerprint density at radius 1 is 1.15 bits per heavy atom. The van der Waals surface area contributed by atoms with Crippen LogP contribution < -0.4 is 5.32 Å². The second kappa shape index (κ2) is 6.93. The summed E-state index contributed by atoms with van der Waals surface area (Å²) in [7, 11) is 0. The third-order valence-corrected chi connectivity index (χ3v) is 3.43. The summed E-state index contributed by atoms with van der Waals surface area (Å²) in [5, 5.41) is 11.6. The number of rotatable bonds is 3. The second-order valence-electron chi connectivity index (χ2n) is 5.10. The average molecular weight is 276 g/mol. The van der Waals surface area contributed by atoms with Crippen LogP contribution in [0.5, 0.6) is 0 Å². The van der Waals surface area contributed by atoms with E-state index in [1.165, 1.54) is 12.8 Å². The van der Waals surface area contributed by atoms with E-state index >= 15 is 0 Å². The fourth-order valence-corrected chi connectivity index (χ4v) is 2.41. The molecule has 0 spiro atoms. The zero-order chi connectivity index (χ0) is 14.4. The Morgan fingerprint density at radius 3 is 2.50 bits per heavy atom. The molecule has 0 unspecified atom stereocenters. The lowest BCUT2D eigenvalue weighted by atomic mass is 10.1. The molecule has 1 aliphatic rings. The molecule has 2 N–H and O–H groups in total. The van der Waals surface area contributed by atoms with E-state index in [-0.39, 0.29) is 12.5 Å². The molecule has 1 heterocycles. The molecule has 5 nitrogen and oxygen atoms in total. The van der Waals surface area contributed by atoms with E-state index in [1.54, 1.807) is 24.3 Å². The maximum Gasteiger partial charge on any atom is 0.321 e. The smallest absolute Gasteiger partial charge is 0.321 e. The number of anilines is 1. The van der Waals surface area contributed by atoms with Gasteiger partial charge in [0.1, 0.15) is 0 Å². The average Bonchev–Trinajstić information content (AvgIpc) is 2.67. The Hall–Kier alpha value is -2.04. The summed E-state index contributed by atoms with van der Waals surface area (Å²) in [6, 6.07) is 6.90. The molecule has 1 aromatic rings. The van der Waals surface area contributed by atoms with Crippen molar-refractivity contribution in [2.45, 2.75) is 32.1 Å². The molecule has 0 aromatic heterocycles. The molecule has 2 rings (SSSR count). The highest BCUT2D eigenvalue weighted by atomic mass is 16.4. The summed E-state index contributed by atoms with van der Waals surface area (Å²) in [5.41, 5.74) is 1.34. The van der Waals surface area contributed by atoms with Gasteiger partial charge in [-0.3, -0.25) is 4.79 Å². The van der Waals surface area contributed by atoms with Gasteiger partial charge in [0.25, 0.3) is 0 Å². The van der Waals surface area contributed by atoms with Crippen LogP contribution in [0.2, 0.25) is 0 Å². The van der Waals surface area contributed by atoms with Crippen LogP contribution in [0.25, 0.3) is 0 Å². The minimum Gasteiger partial charge on any atom is -0.481 e. The minimum absolute atomic E-state index is 0.0343. The molecule has 1 fully saturated rings. The van der Waals surface area contributed by atoms with Gasteiger partial charge in [0.05, 0.1) is 6.42 Å². The lowest BCUT2D eigenvalue weighted by Crippen LogP contribution is -2.35. The Balaban J connectivity index is 1.97. The molecule has 20 heavy (non-hydrogen) atoms. The number of hydrogen-bond acceptors (Lipinski definition) is 2. The first-order chi connectivity index (χ1) is 9.65. The molecule has 0 saturated carbocycles. The number of benzene rings is 1. The molecule has 5 heteroatoms. The van der Waals surface area contributed by atoms with Crippen molar-refractivity contribution in [1.29, 1.82) is 0 Å². The van der Waals surface area contributed by atoms with Crippen molar-refractivity contribution < 1.29 is 14.7 Å². The van der Waals surface area contributed by atoms with Gasteiger partial charge in [0, 0.05) is 18.8 Å². The quantitative estimate of drug-likeness (QED) is 0.891. The summed E-state index contributed by atoms with van der Waals surface area (Å²) in [4.78, 5) is 24.7. The standard InChI is InChI=1S/C15H20N2O3/c18-14(19)11-12-6-5-7-13(10-12)16-15(20)17-8-3-1-2-4-9-17/h5-7,10H,1-4,8-9,11H2,(H,16,20)(H,18,19). The number of nitrogens with one attached hydrogen (secondary N) is 1. The van der Waals surface area contributed by atoms with Gasteiger partial charge in [0.15, 0.2) is 0 Å². The maximum atomic E-state index is 12.2. The number of urea groups is 1. The monoisotopic (exact) mass is 276 g/mol. The first kappa shape index (κ1) is 14.4. The van der Waals surface area contributed by atoms with Crippen LogP contribution in [0, 0.1) is 0 Å². The number of amides is 2. The maximum absolute atomic E-state index is 12.2. The molecular weight excluding hydrogens is 256 g/mol. The third kappa shape index (κ3) is 4.26. The van der Waals surface area contributed by atoms with Crippen molar-refractivity contribution in [2.24, 2.45) is 0 Å². The molecule has 0 bridgehead atoms. The van der Waals surface area contributed by atoms with Crippen LogP contribution in [0.4, 0.5) is 10.5 Å². The van der Waals surface area contributed by atoms with Crippen LogP contribution in [0.15, 0.2) is 24.3 Å². The highest BCUT2D eigenvalue weighted by Crippen LogP contribution is 2.14. The molecule has 0 radical (unpaired) electrons. The van der Waals surface area contributed by atoms with Gasteiger partial charge in [-0.2, -0.15) is 0 Å². The molecule has 1 saturated heterocycles. The Kier molecular flexibility index (Phi) is 4.98. The van der Waals surface area contributed by atoms with E-state index in [2.05, 4.69) is 5.32 Å². The number of carboxylic acid groups (broad SMARTS) is 1. The van der Waals surface area contributed by atoms with Crippen molar-refractivity contribution in [3.05, 3.63) is 29.8 Å². The third-order valence-electron chi connectivity index (χ3n) is 3.43. The normalized spacial score (nSPS) is 15.5. The van der Waals surface area contributed by atoms with E-state index in [0.717, 1.165) is 25.9 Å². The van der Waals surface area contributed by atoms with E-state index in [4.69, 9.17) is 5.11 Å². The van der Waals surface area contributed by atoms with E-state index in [1.807, 2.05) is 4.90 Å². The molecule has 0 atom stereocenters. The molecule has 0 aliphatic carbocycles.